The van der Waals surface area contributed by atoms with Gasteiger partial charge in [-0.05, 0) is 43.0 Å². The molecule has 3 heterocycles. The lowest BCUT2D eigenvalue weighted by Gasteiger charge is -2.39. The first kappa shape index (κ1) is 23.0. The summed E-state index contributed by atoms with van der Waals surface area (Å²) in [6, 6.07) is 4.60. The Morgan fingerprint density at radius 1 is 1.31 bits per heavy atom. The Balaban J connectivity index is 1.49. The highest BCUT2D eigenvalue weighted by molar-refractivity contribution is 6.35. The fourth-order valence-corrected chi connectivity index (χ4v) is 5.24. The smallest absolute Gasteiger partial charge is 0.310 e. The molecule has 32 heavy (non-hydrogen) atoms. The number of nitrogens with zero attached hydrogens (tertiary/aromatic N) is 3. The second kappa shape index (κ2) is 9.39. The summed E-state index contributed by atoms with van der Waals surface area (Å²) < 4.78 is 5.79. The number of ether oxygens (including phenoxy) is 1. The first-order chi connectivity index (χ1) is 15.2. The van der Waals surface area contributed by atoms with Crippen molar-refractivity contribution in [3.63, 3.8) is 0 Å². The van der Waals surface area contributed by atoms with Crippen LogP contribution in [-0.4, -0.2) is 46.0 Å². The van der Waals surface area contributed by atoms with Crippen LogP contribution >= 0.6 is 34.8 Å². The Morgan fingerprint density at radius 2 is 2.09 bits per heavy atom. The number of amides is 1. The number of carbonyl (C=O) groups is 1. The maximum absolute atomic E-state index is 13.3. The normalized spacial score (nSPS) is 22.9. The van der Waals surface area contributed by atoms with Crippen LogP contribution in [0.2, 0.25) is 15.2 Å². The first-order valence-electron chi connectivity index (χ1n) is 10.2. The topological polar surface area (TPSA) is 97.6 Å². The molecule has 1 amide bonds. The average molecular weight is 500 g/mol. The molecule has 2 aliphatic heterocycles. The summed E-state index contributed by atoms with van der Waals surface area (Å²) in [5.74, 6) is -0.122. The predicted molar refractivity (Wildman–Crippen MR) is 123 cm³/mol. The largest absolute Gasteiger partial charge is 0.376 e. The van der Waals surface area contributed by atoms with Gasteiger partial charge in [-0.2, -0.15) is 0 Å². The van der Waals surface area contributed by atoms with Gasteiger partial charge in [0.1, 0.15) is 23.1 Å². The van der Waals surface area contributed by atoms with Gasteiger partial charge in [-0.15, -0.1) is 0 Å². The van der Waals surface area contributed by atoms with Crippen molar-refractivity contribution < 1.29 is 14.5 Å². The number of hydrogen-bond acceptors (Lipinski definition) is 6. The average Bonchev–Trinajstić information content (AvgIpc) is 2.73. The Morgan fingerprint density at radius 3 is 2.84 bits per heavy atom. The number of nitro groups is 1. The molecule has 0 aliphatic carbocycles. The third-order valence-corrected chi connectivity index (χ3v) is 6.67. The van der Waals surface area contributed by atoms with Crippen LogP contribution in [0, 0.1) is 10.1 Å². The Bertz CT molecular complexity index is 1070. The van der Waals surface area contributed by atoms with E-state index in [2.05, 4.69) is 10.3 Å². The maximum Gasteiger partial charge on any atom is 0.310 e. The molecule has 2 aromatic rings. The lowest BCUT2D eigenvalue weighted by molar-refractivity contribution is -0.384. The van der Waals surface area contributed by atoms with E-state index in [-0.39, 0.29) is 34.5 Å². The van der Waals surface area contributed by atoms with E-state index in [0.29, 0.717) is 42.5 Å². The van der Waals surface area contributed by atoms with Crippen molar-refractivity contribution in [3.8, 4) is 0 Å². The summed E-state index contributed by atoms with van der Waals surface area (Å²) in [5, 5.41) is 15.7. The number of anilines is 1. The molecule has 8 nitrogen and oxygen atoms in total. The van der Waals surface area contributed by atoms with Gasteiger partial charge in [-0.25, -0.2) is 4.98 Å². The van der Waals surface area contributed by atoms with Gasteiger partial charge in [0, 0.05) is 41.7 Å². The summed E-state index contributed by atoms with van der Waals surface area (Å²) in [6.45, 7) is 2.83. The van der Waals surface area contributed by atoms with Crippen LogP contribution in [0.25, 0.3) is 0 Å². The van der Waals surface area contributed by atoms with Crippen molar-refractivity contribution in [3.05, 3.63) is 60.8 Å². The van der Waals surface area contributed by atoms with E-state index >= 15 is 0 Å². The van der Waals surface area contributed by atoms with Gasteiger partial charge < -0.3 is 15.0 Å². The summed E-state index contributed by atoms with van der Waals surface area (Å²) in [5.41, 5.74) is 2.06. The van der Waals surface area contributed by atoms with Gasteiger partial charge >= 0.3 is 5.69 Å². The highest BCUT2D eigenvalue weighted by Gasteiger charge is 2.37. The molecule has 1 saturated heterocycles. The number of nitrogens with one attached hydrogen (secondary N) is 1. The molecule has 3 atom stereocenters. The molecular formula is C21H21Cl3N4O4. The zero-order valence-electron chi connectivity index (χ0n) is 17.2. The first-order valence-corrected chi connectivity index (χ1v) is 11.3. The number of fused-ring (bicyclic) bond motifs is 1. The van der Waals surface area contributed by atoms with Crippen LogP contribution in [0.15, 0.2) is 24.4 Å². The Labute approximate surface area is 199 Å². The van der Waals surface area contributed by atoms with Crippen molar-refractivity contribution in [2.45, 2.75) is 44.4 Å². The minimum atomic E-state index is -0.660. The lowest BCUT2D eigenvalue weighted by Crippen LogP contribution is -2.48. The van der Waals surface area contributed by atoms with E-state index in [0.717, 1.165) is 17.3 Å². The molecule has 0 radical (unpaired) electrons. The van der Waals surface area contributed by atoms with E-state index in [1.165, 1.54) is 6.07 Å². The van der Waals surface area contributed by atoms with E-state index in [4.69, 9.17) is 39.5 Å². The van der Waals surface area contributed by atoms with Crippen LogP contribution < -0.4 is 5.32 Å². The van der Waals surface area contributed by atoms with Crippen LogP contribution in [-0.2, 0) is 16.0 Å². The van der Waals surface area contributed by atoms with Crippen LogP contribution in [0.1, 0.15) is 36.9 Å². The molecule has 0 bridgehead atoms. The van der Waals surface area contributed by atoms with E-state index in [1.807, 2.05) is 13.0 Å². The van der Waals surface area contributed by atoms with E-state index in [1.54, 1.807) is 11.0 Å². The van der Waals surface area contributed by atoms with Crippen molar-refractivity contribution in [1.82, 2.24) is 9.88 Å². The third kappa shape index (κ3) is 4.64. The Kier molecular flexibility index (Phi) is 6.76. The quantitative estimate of drug-likeness (QED) is 0.359. The molecule has 2 unspecified atom stereocenters. The van der Waals surface area contributed by atoms with Gasteiger partial charge in [0.2, 0.25) is 0 Å². The minimum Gasteiger partial charge on any atom is -0.376 e. The maximum atomic E-state index is 13.3. The van der Waals surface area contributed by atoms with E-state index in [9.17, 15) is 14.9 Å². The monoisotopic (exact) mass is 498 g/mol. The fourth-order valence-electron chi connectivity index (χ4n) is 4.39. The van der Waals surface area contributed by atoms with Gasteiger partial charge in [0.25, 0.3) is 5.91 Å². The van der Waals surface area contributed by atoms with Crippen molar-refractivity contribution >= 4 is 52.1 Å². The van der Waals surface area contributed by atoms with Gasteiger partial charge in [-0.1, -0.05) is 34.8 Å². The second-order valence-corrected chi connectivity index (χ2v) is 9.16. The van der Waals surface area contributed by atoms with Gasteiger partial charge in [0.15, 0.2) is 0 Å². The molecule has 1 fully saturated rings. The minimum absolute atomic E-state index is 0.122. The number of pyridine rings is 1. The number of carbonyl (C=O) groups excluding carboxylic acids is 1. The molecule has 0 spiro atoms. The predicted octanol–water partition coefficient (Wildman–Crippen LogP) is 5.06. The SMILES string of the molecule is C[C@H]1c2c(Cl)cc(Cl)cc2CCN1C(=O)C1CC(Nc2cc(Cl)ncc2[N+](=O)[O-])CCO1. The number of aromatic nitrogens is 1. The zero-order valence-corrected chi connectivity index (χ0v) is 19.5. The second-order valence-electron chi connectivity index (χ2n) is 7.92. The van der Waals surface area contributed by atoms with Gasteiger partial charge in [-0.3, -0.25) is 14.9 Å². The Hall–Kier alpha value is -2.13. The summed E-state index contributed by atoms with van der Waals surface area (Å²) in [7, 11) is 0. The van der Waals surface area contributed by atoms with Crippen LogP contribution in [0.4, 0.5) is 11.4 Å². The summed E-state index contributed by atoms with van der Waals surface area (Å²) in [6.07, 6.45) is 2.09. The molecule has 11 heteroatoms. The molecule has 4 rings (SSSR count). The standard InChI is InChI=1S/C21H21Cl3N4O4/c1-11-20-12(6-13(22)7-15(20)23)2-4-27(11)21(29)18-8-14(3-5-32-18)26-16-9-19(24)25-10-17(16)28(30)31/h6-7,9-11,14,18H,2-5,8H2,1H3,(H,25,26)/t11-,14?,18?/m0/s1. The molecule has 1 aromatic heterocycles. The zero-order chi connectivity index (χ0) is 23.0. The molecular weight excluding hydrogens is 479 g/mol. The van der Waals surface area contributed by atoms with Crippen molar-refractivity contribution in [1.29, 1.82) is 0 Å². The molecule has 1 aromatic carbocycles. The summed E-state index contributed by atoms with van der Waals surface area (Å²) in [4.78, 5) is 29.7. The van der Waals surface area contributed by atoms with Crippen molar-refractivity contribution in [2.24, 2.45) is 0 Å². The lowest BCUT2D eigenvalue weighted by atomic mass is 9.92. The molecule has 170 valence electrons. The molecule has 0 saturated carbocycles. The summed E-state index contributed by atoms with van der Waals surface area (Å²) >= 11 is 18.5. The fraction of sp³-hybridized carbons (Fsp3) is 0.429. The number of hydrogen-bond donors (Lipinski definition) is 1. The number of benzene rings is 1. The van der Waals surface area contributed by atoms with E-state index < -0.39 is 11.0 Å². The van der Waals surface area contributed by atoms with Crippen LogP contribution in [0.5, 0.6) is 0 Å². The van der Waals surface area contributed by atoms with Crippen LogP contribution in [0.3, 0.4) is 0 Å². The third-order valence-electron chi connectivity index (χ3n) is 5.94. The highest BCUT2D eigenvalue weighted by Crippen LogP contribution is 2.38. The molecule has 1 N–H and O–H groups in total. The highest BCUT2D eigenvalue weighted by atomic mass is 35.5. The van der Waals surface area contributed by atoms with Crippen molar-refractivity contribution in [2.75, 3.05) is 18.5 Å². The number of halogens is 3. The number of rotatable bonds is 4. The molecule has 2 aliphatic rings. The van der Waals surface area contributed by atoms with Gasteiger partial charge in [0.05, 0.1) is 11.0 Å².